The third-order valence-electron chi connectivity index (χ3n) is 2.43. The molecule has 0 unspecified atom stereocenters. The van der Waals surface area contributed by atoms with Crippen LogP contribution in [0.1, 0.15) is 11.1 Å². The standard InChI is InChI=1S/C13H12BrFN2O/c14-11-5-10(6-16)13(17-7-11)18-8-9-3-1-2-4-12(9)15/h1-5,7H,6,8,16H2. The molecule has 0 radical (unpaired) electrons. The number of rotatable bonds is 4. The average molecular weight is 311 g/mol. The topological polar surface area (TPSA) is 48.1 Å². The average Bonchev–Trinajstić information content (AvgIpc) is 2.39. The van der Waals surface area contributed by atoms with E-state index in [9.17, 15) is 4.39 Å². The Kier molecular flexibility index (Phi) is 4.28. The van der Waals surface area contributed by atoms with Crippen LogP contribution >= 0.6 is 15.9 Å². The number of pyridine rings is 1. The predicted octanol–water partition coefficient (Wildman–Crippen LogP) is 3.02. The van der Waals surface area contributed by atoms with Crippen molar-refractivity contribution in [2.24, 2.45) is 5.73 Å². The van der Waals surface area contributed by atoms with Crippen LogP contribution in [0.15, 0.2) is 41.0 Å². The molecule has 18 heavy (non-hydrogen) atoms. The lowest BCUT2D eigenvalue weighted by Gasteiger charge is -2.10. The summed E-state index contributed by atoms with van der Waals surface area (Å²) in [7, 11) is 0. The van der Waals surface area contributed by atoms with E-state index in [4.69, 9.17) is 10.5 Å². The monoisotopic (exact) mass is 310 g/mol. The molecule has 0 saturated carbocycles. The van der Waals surface area contributed by atoms with Crippen LogP contribution in [0.3, 0.4) is 0 Å². The lowest BCUT2D eigenvalue weighted by Crippen LogP contribution is -2.05. The zero-order chi connectivity index (χ0) is 13.0. The quantitative estimate of drug-likeness (QED) is 0.944. The molecule has 0 aliphatic carbocycles. The van der Waals surface area contributed by atoms with Gasteiger partial charge in [-0.15, -0.1) is 0 Å². The number of benzene rings is 1. The van der Waals surface area contributed by atoms with Gasteiger partial charge in [0.25, 0.3) is 0 Å². The van der Waals surface area contributed by atoms with Crippen LogP contribution in [0.25, 0.3) is 0 Å². The zero-order valence-electron chi connectivity index (χ0n) is 9.57. The van der Waals surface area contributed by atoms with Crippen molar-refractivity contribution in [2.75, 3.05) is 0 Å². The van der Waals surface area contributed by atoms with Gasteiger partial charge in [-0.1, -0.05) is 18.2 Å². The maximum absolute atomic E-state index is 13.4. The molecule has 2 aromatic rings. The number of hydrogen-bond acceptors (Lipinski definition) is 3. The van der Waals surface area contributed by atoms with Crippen LogP contribution in [-0.2, 0) is 13.2 Å². The first kappa shape index (κ1) is 13.0. The van der Waals surface area contributed by atoms with E-state index in [1.807, 2.05) is 6.07 Å². The molecule has 0 atom stereocenters. The Morgan fingerprint density at radius 2 is 2.06 bits per heavy atom. The fourth-order valence-electron chi connectivity index (χ4n) is 1.51. The third kappa shape index (κ3) is 3.05. The van der Waals surface area contributed by atoms with Crippen molar-refractivity contribution in [1.29, 1.82) is 0 Å². The van der Waals surface area contributed by atoms with Gasteiger partial charge in [-0.3, -0.25) is 0 Å². The molecular formula is C13H12BrFN2O. The van der Waals surface area contributed by atoms with Crippen LogP contribution in [-0.4, -0.2) is 4.98 Å². The third-order valence-corrected chi connectivity index (χ3v) is 2.87. The maximum Gasteiger partial charge on any atom is 0.218 e. The molecule has 2 N–H and O–H groups in total. The molecule has 0 aliphatic heterocycles. The number of halogens is 2. The number of nitrogens with two attached hydrogens (primary N) is 1. The highest BCUT2D eigenvalue weighted by atomic mass is 79.9. The van der Waals surface area contributed by atoms with E-state index in [1.54, 1.807) is 24.4 Å². The molecule has 0 fully saturated rings. The van der Waals surface area contributed by atoms with Crippen molar-refractivity contribution >= 4 is 15.9 Å². The maximum atomic E-state index is 13.4. The minimum absolute atomic E-state index is 0.133. The van der Waals surface area contributed by atoms with E-state index in [0.717, 1.165) is 10.0 Å². The van der Waals surface area contributed by atoms with Crippen LogP contribution in [0.4, 0.5) is 4.39 Å². The van der Waals surface area contributed by atoms with Crippen molar-refractivity contribution in [3.63, 3.8) is 0 Å². The van der Waals surface area contributed by atoms with E-state index in [1.165, 1.54) is 6.07 Å². The molecule has 1 aromatic carbocycles. The first-order chi connectivity index (χ1) is 8.70. The summed E-state index contributed by atoms with van der Waals surface area (Å²) in [6.45, 7) is 0.452. The largest absolute Gasteiger partial charge is 0.472 e. The predicted molar refractivity (Wildman–Crippen MR) is 70.6 cm³/mol. The van der Waals surface area contributed by atoms with Gasteiger partial charge in [0.2, 0.25) is 5.88 Å². The lowest BCUT2D eigenvalue weighted by molar-refractivity contribution is 0.284. The normalized spacial score (nSPS) is 10.4. The molecule has 0 spiro atoms. The highest BCUT2D eigenvalue weighted by Crippen LogP contribution is 2.20. The van der Waals surface area contributed by atoms with Gasteiger partial charge in [0.05, 0.1) is 0 Å². The summed E-state index contributed by atoms with van der Waals surface area (Å²) in [6, 6.07) is 8.32. The van der Waals surface area contributed by atoms with Crippen molar-refractivity contribution in [1.82, 2.24) is 4.98 Å². The summed E-state index contributed by atoms with van der Waals surface area (Å²) in [5.41, 5.74) is 6.87. The van der Waals surface area contributed by atoms with Gasteiger partial charge in [0, 0.05) is 28.3 Å². The first-order valence-electron chi connectivity index (χ1n) is 5.41. The Morgan fingerprint density at radius 1 is 1.28 bits per heavy atom. The van der Waals surface area contributed by atoms with E-state index in [0.29, 0.717) is 18.0 Å². The van der Waals surface area contributed by atoms with E-state index >= 15 is 0 Å². The van der Waals surface area contributed by atoms with E-state index in [-0.39, 0.29) is 12.4 Å². The molecule has 5 heteroatoms. The molecule has 2 rings (SSSR count). The van der Waals surface area contributed by atoms with E-state index < -0.39 is 0 Å². The lowest BCUT2D eigenvalue weighted by atomic mass is 10.2. The Morgan fingerprint density at radius 3 is 2.78 bits per heavy atom. The van der Waals surface area contributed by atoms with Crippen molar-refractivity contribution in [3.05, 3.63) is 57.9 Å². The molecule has 1 heterocycles. The molecular weight excluding hydrogens is 299 g/mol. The fourth-order valence-corrected chi connectivity index (χ4v) is 1.89. The van der Waals surface area contributed by atoms with Gasteiger partial charge in [-0.05, 0) is 28.1 Å². The van der Waals surface area contributed by atoms with Gasteiger partial charge >= 0.3 is 0 Å². The molecule has 94 valence electrons. The van der Waals surface area contributed by atoms with Crippen LogP contribution < -0.4 is 10.5 Å². The molecule has 1 aromatic heterocycles. The molecule has 0 aliphatic rings. The van der Waals surface area contributed by atoms with Crippen LogP contribution in [0, 0.1) is 5.82 Å². The smallest absolute Gasteiger partial charge is 0.218 e. The molecule has 0 bridgehead atoms. The summed E-state index contributed by atoms with van der Waals surface area (Å²) >= 11 is 3.31. The number of hydrogen-bond donors (Lipinski definition) is 1. The second-order valence-corrected chi connectivity index (χ2v) is 4.62. The number of ether oxygens (including phenoxy) is 1. The second-order valence-electron chi connectivity index (χ2n) is 3.70. The second kappa shape index (κ2) is 5.93. The minimum Gasteiger partial charge on any atom is -0.472 e. The highest BCUT2D eigenvalue weighted by Gasteiger charge is 2.07. The summed E-state index contributed by atoms with van der Waals surface area (Å²) in [5, 5.41) is 0. The summed E-state index contributed by atoms with van der Waals surface area (Å²) in [6.07, 6.45) is 1.62. The van der Waals surface area contributed by atoms with Crippen molar-refractivity contribution in [2.45, 2.75) is 13.2 Å². The Bertz CT molecular complexity index is 548. The van der Waals surface area contributed by atoms with Crippen LogP contribution in [0.2, 0.25) is 0 Å². The fraction of sp³-hybridized carbons (Fsp3) is 0.154. The van der Waals surface area contributed by atoms with Gasteiger partial charge in [0.15, 0.2) is 0 Å². The molecule has 3 nitrogen and oxygen atoms in total. The molecule has 0 amide bonds. The van der Waals surface area contributed by atoms with Crippen molar-refractivity contribution < 1.29 is 9.13 Å². The van der Waals surface area contributed by atoms with Gasteiger partial charge in [-0.25, -0.2) is 9.37 Å². The minimum atomic E-state index is -0.288. The summed E-state index contributed by atoms with van der Waals surface area (Å²) in [4.78, 5) is 4.12. The first-order valence-corrected chi connectivity index (χ1v) is 6.20. The highest BCUT2D eigenvalue weighted by molar-refractivity contribution is 9.10. The van der Waals surface area contributed by atoms with Crippen LogP contribution in [0.5, 0.6) is 5.88 Å². The van der Waals surface area contributed by atoms with E-state index in [2.05, 4.69) is 20.9 Å². The van der Waals surface area contributed by atoms with Gasteiger partial charge in [-0.2, -0.15) is 0 Å². The number of aromatic nitrogens is 1. The summed E-state index contributed by atoms with van der Waals surface area (Å²) in [5.74, 6) is 0.146. The summed E-state index contributed by atoms with van der Waals surface area (Å²) < 4.78 is 19.7. The Balaban J connectivity index is 2.13. The Labute approximate surface area is 113 Å². The Hall–Kier alpha value is -1.46. The number of nitrogens with zero attached hydrogens (tertiary/aromatic N) is 1. The zero-order valence-corrected chi connectivity index (χ0v) is 11.2. The van der Waals surface area contributed by atoms with Crippen molar-refractivity contribution in [3.8, 4) is 5.88 Å². The van der Waals surface area contributed by atoms with Gasteiger partial charge < -0.3 is 10.5 Å². The van der Waals surface area contributed by atoms with Gasteiger partial charge in [0.1, 0.15) is 12.4 Å². The SMILES string of the molecule is NCc1cc(Br)cnc1OCc1ccccc1F. The molecule has 0 saturated heterocycles.